The van der Waals surface area contributed by atoms with Crippen molar-refractivity contribution >= 4 is 10.9 Å². The summed E-state index contributed by atoms with van der Waals surface area (Å²) in [5, 5.41) is 1.26. The van der Waals surface area contributed by atoms with Crippen LogP contribution in [0.1, 0.15) is 43.2 Å². The summed E-state index contributed by atoms with van der Waals surface area (Å²) >= 11 is 0. The summed E-state index contributed by atoms with van der Waals surface area (Å²) in [5.74, 6) is 0. The summed E-state index contributed by atoms with van der Waals surface area (Å²) in [7, 11) is 0. The van der Waals surface area contributed by atoms with E-state index >= 15 is 0 Å². The third kappa shape index (κ3) is 1.72. The van der Waals surface area contributed by atoms with Gasteiger partial charge in [0.1, 0.15) is 0 Å². The van der Waals surface area contributed by atoms with Crippen molar-refractivity contribution in [3.8, 4) is 0 Å². The quantitative estimate of drug-likeness (QED) is 0.698. The fraction of sp³-hybridized carbons (Fsp3) is 0.438. The number of nitrogens with zero attached hydrogens (tertiary/aromatic N) is 1. The van der Waals surface area contributed by atoms with Crippen LogP contribution in [0.2, 0.25) is 0 Å². The molecule has 3 rings (SSSR count). The van der Waals surface area contributed by atoms with Crippen molar-refractivity contribution in [1.82, 2.24) is 4.98 Å². The average molecular weight is 241 g/mol. The van der Waals surface area contributed by atoms with E-state index in [0.717, 1.165) is 17.8 Å². The SMILES string of the molecule is Cc1nc2ccc(C(C)(C)C)cc2c2c1COC2. The first-order chi connectivity index (χ1) is 8.47. The molecule has 0 amide bonds. The van der Waals surface area contributed by atoms with Crippen molar-refractivity contribution in [3.63, 3.8) is 0 Å². The van der Waals surface area contributed by atoms with Crippen LogP contribution in [0.4, 0.5) is 0 Å². The van der Waals surface area contributed by atoms with E-state index in [1.807, 2.05) is 0 Å². The van der Waals surface area contributed by atoms with E-state index in [0.29, 0.717) is 6.61 Å². The molecule has 1 aromatic heterocycles. The Morgan fingerprint density at radius 2 is 1.83 bits per heavy atom. The second kappa shape index (κ2) is 3.79. The number of fused-ring (bicyclic) bond motifs is 3. The molecule has 18 heavy (non-hydrogen) atoms. The first-order valence-corrected chi connectivity index (χ1v) is 6.47. The number of ether oxygens (including phenoxy) is 1. The summed E-state index contributed by atoms with van der Waals surface area (Å²) in [6.45, 7) is 10.2. The number of rotatable bonds is 0. The molecule has 2 heterocycles. The Labute approximate surface area is 108 Å². The van der Waals surface area contributed by atoms with Crippen LogP contribution in [-0.2, 0) is 23.4 Å². The number of pyridine rings is 1. The van der Waals surface area contributed by atoms with Gasteiger partial charge in [0.15, 0.2) is 0 Å². The number of hydrogen-bond donors (Lipinski definition) is 0. The molecule has 0 unspecified atom stereocenters. The predicted octanol–water partition coefficient (Wildman–Crippen LogP) is 3.87. The minimum absolute atomic E-state index is 0.172. The molecule has 0 N–H and O–H groups in total. The van der Waals surface area contributed by atoms with Crippen LogP contribution >= 0.6 is 0 Å². The molecule has 0 saturated carbocycles. The lowest BCUT2D eigenvalue weighted by atomic mass is 9.85. The van der Waals surface area contributed by atoms with Crippen LogP contribution < -0.4 is 0 Å². The van der Waals surface area contributed by atoms with Gasteiger partial charge in [-0.3, -0.25) is 4.98 Å². The first-order valence-electron chi connectivity index (χ1n) is 6.47. The molecule has 0 saturated heterocycles. The lowest BCUT2D eigenvalue weighted by molar-refractivity contribution is 0.134. The molecule has 1 aromatic carbocycles. The Kier molecular flexibility index (Phi) is 2.46. The Morgan fingerprint density at radius 3 is 2.56 bits per heavy atom. The van der Waals surface area contributed by atoms with Gasteiger partial charge in [-0.15, -0.1) is 0 Å². The van der Waals surface area contributed by atoms with Gasteiger partial charge in [-0.05, 0) is 35.6 Å². The van der Waals surface area contributed by atoms with Gasteiger partial charge < -0.3 is 4.74 Å². The highest BCUT2D eigenvalue weighted by atomic mass is 16.5. The molecule has 94 valence electrons. The number of aromatic nitrogens is 1. The lowest BCUT2D eigenvalue weighted by Gasteiger charge is -2.20. The van der Waals surface area contributed by atoms with Crippen LogP contribution in [0, 0.1) is 6.92 Å². The molecule has 0 bridgehead atoms. The predicted molar refractivity (Wildman–Crippen MR) is 73.7 cm³/mol. The third-order valence-corrected chi connectivity index (χ3v) is 3.77. The molecule has 2 nitrogen and oxygen atoms in total. The van der Waals surface area contributed by atoms with Gasteiger partial charge in [0.2, 0.25) is 0 Å². The summed E-state index contributed by atoms with van der Waals surface area (Å²) in [5.41, 5.74) is 6.35. The maximum Gasteiger partial charge on any atom is 0.0742 e. The summed E-state index contributed by atoms with van der Waals surface area (Å²) < 4.78 is 5.59. The highest BCUT2D eigenvalue weighted by Crippen LogP contribution is 2.32. The van der Waals surface area contributed by atoms with Crippen LogP contribution in [0.15, 0.2) is 18.2 Å². The standard InChI is InChI=1S/C16H19NO/c1-10-13-8-18-9-14(13)12-7-11(16(2,3)4)5-6-15(12)17-10/h5-7H,8-9H2,1-4H3. The van der Waals surface area contributed by atoms with Crippen molar-refractivity contribution < 1.29 is 4.74 Å². The zero-order valence-electron chi connectivity index (χ0n) is 11.5. The van der Waals surface area contributed by atoms with Crippen LogP contribution in [0.25, 0.3) is 10.9 Å². The van der Waals surface area contributed by atoms with E-state index in [1.54, 1.807) is 0 Å². The van der Waals surface area contributed by atoms with Gasteiger partial charge in [-0.25, -0.2) is 0 Å². The molecule has 0 fully saturated rings. The number of hydrogen-bond acceptors (Lipinski definition) is 2. The van der Waals surface area contributed by atoms with Gasteiger partial charge in [-0.1, -0.05) is 26.8 Å². The average Bonchev–Trinajstić information content (AvgIpc) is 2.77. The molecular weight excluding hydrogens is 222 g/mol. The molecule has 0 radical (unpaired) electrons. The van der Waals surface area contributed by atoms with E-state index < -0.39 is 0 Å². The summed E-state index contributed by atoms with van der Waals surface area (Å²) in [4.78, 5) is 4.69. The van der Waals surface area contributed by atoms with Crippen LogP contribution in [0.3, 0.4) is 0 Å². The molecule has 1 aliphatic heterocycles. The highest BCUT2D eigenvalue weighted by molar-refractivity contribution is 5.85. The minimum atomic E-state index is 0.172. The third-order valence-electron chi connectivity index (χ3n) is 3.77. The Balaban J connectivity index is 2.31. The Bertz CT molecular complexity index is 623. The number of aryl methyl sites for hydroxylation is 1. The smallest absolute Gasteiger partial charge is 0.0742 e. The van der Waals surface area contributed by atoms with Gasteiger partial charge in [0.25, 0.3) is 0 Å². The van der Waals surface area contributed by atoms with Gasteiger partial charge >= 0.3 is 0 Å². The fourth-order valence-corrected chi connectivity index (χ4v) is 2.58. The van der Waals surface area contributed by atoms with Gasteiger partial charge in [0, 0.05) is 16.6 Å². The summed E-state index contributed by atoms with van der Waals surface area (Å²) in [6, 6.07) is 6.62. The van der Waals surface area contributed by atoms with Crippen molar-refractivity contribution in [2.75, 3.05) is 0 Å². The molecule has 1 aliphatic rings. The zero-order chi connectivity index (χ0) is 12.9. The first kappa shape index (κ1) is 11.7. The van der Waals surface area contributed by atoms with Crippen LogP contribution in [0.5, 0.6) is 0 Å². The Morgan fingerprint density at radius 1 is 1.11 bits per heavy atom. The molecule has 0 atom stereocenters. The van der Waals surface area contributed by atoms with Crippen molar-refractivity contribution in [1.29, 1.82) is 0 Å². The Hall–Kier alpha value is -1.41. The van der Waals surface area contributed by atoms with E-state index in [1.165, 1.54) is 22.1 Å². The molecular formula is C16H19NO. The molecule has 2 aromatic rings. The van der Waals surface area contributed by atoms with Crippen molar-refractivity contribution in [2.45, 2.75) is 46.3 Å². The molecule has 0 spiro atoms. The van der Waals surface area contributed by atoms with Gasteiger partial charge in [-0.2, -0.15) is 0 Å². The van der Waals surface area contributed by atoms with E-state index in [4.69, 9.17) is 9.72 Å². The highest BCUT2D eigenvalue weighted by Gasteiger charge is 2.20. The zero-order valence-corrected chi connectivity index (χ0v) is 11.5. The second-order valence-electron chi connectivity index (χ2n) is 6.13. The van der Waals surface area contributed by atoms with Crippen molar-refractivity contribution in [3.05, 3.63) is 40.6 Å². The maximum absolute atomic E-state index is 5.59. The van der Waals surface area contributed by atoms with Crippen molar-refractivity contribution in [2.24, 2.45) is 0 Å². The topological polar surface area (TPSA) is 22.1 Å². The number of benzene rings is 1. The monoisotopic (exact) mass is 241 g/mol. The largest absolute Gasteiger partial charge is 0.372 e. The fourth-order valence-electron chi connectivity index (χ4n) is 2.58. The van der Waals surface area contributed by atoms with E-state index in [9.17, 15) is 0 Å². The normalized spacial score (nSPS) is 15.1. The maximum atomic E-state index is 5.59. The molecule has 2 heteroatoms. The van der Waals surface area contributed by atoms with Crippen LogP contribution in [-0.4, -0.2) is 4.98 Å². The van der Waals surface area contributed by atoms with E-state index in [2.05, 4.69) is 45.9 Å². The van der Waals surface area contributed by atoms with Gasteiger partial charge in [0.05, 0.1) is 18.7 Å². The second-order valence-corrected chi connectivity index (χ2v) is 6.13. The molecule has 0 aliphatic carbocycles. The summed E-state index contributed by atoms with van der Waals surface area (Å²) in [6.07, 6.45) is 0. The van der Waals surface area contributed by atoms with E-state index in [-0.39, 0.29) is 5.41 Å². The lowest BCUT2D eigenvalue weighted by Crippen LogP contribution is -2.11. The minimum Gasteiger partial charge on any atom is -0.372 e.